The minimum Gasteiger partial charge on any atom is -0.354 e. The second-order valence-corrected chi connectivity index (χ2v) is 4.82. The molecule has 6 heteroatoms. The molecule has 0 saturated carbocycles. The molecule has 2 amide bonds. The molecular weight excluding hydrogens is 303 g/mol. The molecule has 1 aliphatic rings. The third-order valence-corrected chi connectivity index (χ3v) is 3.54. The van der Waals surface area contributed by atoms with Crippen LogP contribution in [0.1, 0.15) is 16.8 Å². The zero-order chi connectivity index (χ0) is 13.1. The van der Waals surface area contributed by atoms with E-state index in [4.69, 9.17) is 0 Å². The van der Waals surface area contributed by atoms with Gasteiger partial charge in [-0.2, -0.15) is 0 Å². The first-order valence-corrected chi connectivity index (χ1v) is 6.39. The van der Waals surface area contributed by atoms with Crippen LogP contribution in [0.3, 0.4) is 0 Å². The Morgan fingerprint density at radius 3 is 3.00 bits per heavy atom. The molecule has 1 aliphatic heterocycles. The predicted molar refractivity (Wildman–Crippen MR) is 67.6 cm³/mol. The van der Waals surface area contributed by atoms with Gasteiger partial charge in [0.1, 0.15) is 5.82 Å². The van der Waals surface area contributed by atoms with Crippen molar-refractivity contribution >= 4 is 27.7 Å². The van der Waals surface area contributed by atoms with Crippen LogP contribution in [0.25, 0.3) is 0 Å². The van der Waals surface area contributed by atoms with Crippen molar-refractivity contribution in [3.63, 3.8) is 0 Å². The number of hydrogen-bond acceptors (Lipinski definition) is 2. The Hall–Kier alpha value is -1.43. The van der Waals surface area contributed by atoms with Gasteiger partial charge in [0, 0.05) is 13.1 Å². The lowest BCUT2D eigenvalue weighted by molar-refractivity contribution is -0.121. The smallest absolute Gasteiger partial charge is 0.255 e. The Kier molecular flexibility index (Phi) is 3.96. The molecule has 0 bridgehead atoms. The maximum Gasteiger partial charge on any atom is 0.255 e. The molecule has 0 aromatic heterocycles. The Balaban J connectivity index is 2.24. The van der Waals surface area contributed by atoms with Crippen LogP contribution in [0.15, 0.2) is 22.7 Å². The molecule has 1 heterocycles. The van der Waals surface area contributed by atoms with E-state index >= 15 is 0 Å². The fourth-order valence-electron chi connectivity index (χ4n) is 1.82. The molecule has 0 atom stereocenters. The van der Waals surface area contributed by atoms with Gasteiger partial charge in [-0.15, -0.1) is 0 Å². The maximum atomic E-state index is 13.4. The second kappa shape index (κ2) is 5.48. The largest absolute Gasteiger partial charge is 0.354 e. The average molecular weight is 315 g/mol. The summed E-state index contributed by atoms with van der Waals surface area (Å²) in [4.78, 5) is 25.0. The first-order chi connectivity index (χ1) is 8.59. The zero-order valence-corrected chi connectivity index (χ0v) is 11.2. The number of amides is 2. The molecule has 0 spiro atoms. The molecule has 1 aromatic carbocycles. The van der Waals surface area contributed by atoms with Crippen molar-refractivity contribution in [2.24, 2.45) is 0 Å². The number of rotatable bonds is 1. The summed E-state index contributed by atoms with van der Waals surface area (Å²) in [5, 5.41) is 2.69. The number of benzene rings is 1. The summed E-state index contributed by atoms with van der Waals surface area (Å²) in [7, 11) is 0. The molecule has 1 aromatic rings. The van der Waals surface area contributed by atoms with Crippen LogP contribution in [0.2, 0.25) is 0 Å². The first kappa shape index (κ1) is 13.0. The van der Waals surface area contributed by atoms with Gasteiger partial charge < -0.3 is 10.2 Å². The molecule has 2 rings (SSSR count). The van der Waals surface area contributed by atoms with E-state index in [-0.39, 0.29) is 28.4 Å². The van der Waals surface area contributed by atoms with E-state index in [0.717, 1.165) is 0 Å². The maximum absolute atomic E-state index is 13.4. The Bertz CT molecular complexity index is 493. The van der Waals surface area contributed by atoms with Crippen molar-refractivity contribution in [2.45, 2.75) is 6.42 Å². The fraction of sp³-hybridized carbons (Fsp3) is 0.333. The molecular formula is C12H12BrFN2O2. The van der Waals surface area contributed by atoms with Crippen molar-refractivity contribution in [1.29, 1.82) is 0 Å². The SMILES string of the molecule is O=C1CN(C(=O)c2cccc(F)c2Br)CCCN1. The number of hydrogen-bond donors (Lipinski definition) is 1. The van der Waals surface area contributed by atoms with Crippen molar-refractivity contribution in [2.75, 3.05) is 19.6 Å². The number of nitrogens with one attached hydrogen (secondary N) is 1. The van der Waals surface area contributed by atoms with E-state index in [1.807, 2.05) is 0 Å². The summed E-state index contributed by atoms with van der Waals surface area (Å²) >= 11 is 3.06. The van der Waals surface area contributed by atoms with Crippen LogP contribution in [0, 0.1) is 5.82 Å². The van der Waals surface area contributed by atoms with Crippen molar-refractivity contribution in [3.8, 4) is 0 Å². The van der Waals surface area contributed by atoms with Gasteiger partial charge in [-0.05, 0) is 34.5 Å². The van der Waals surface area contributed by atoms with Gasteiger partial charge in [0.05, 0.1) is 16.6 Å². The van der Waals surface area contributed by atoms with Gasteiger partial charge in [-0.3, -0.25) is 9.59 Å². The molecule has 1 saturated heterocycles. The summed E-state index contributed by atoms with van der Waals surface area (Å²) < 4.78 is 13.5. The molecule has 1 fully saturated rings. The first-order valence-electron chi connectivity index (χ1n) is 5.59. The monoisotopic (exact) mass is 314 g/mol. The van der Waals surface area contributed by atoms with Gasteiger partial charge in [-0.25, -0.2) is 4.39 Å². The summed E-state index contributed by atoms with van der Waals surface area (Å²) in [5.41, 5.74) is 0.240. The van der Waals surface area contributed by atoms with Crippen LogP contribution >= 0.6 is 15.9 Å². The minimum absolute atomic E-state index is 0.0157. The van der Waals surface area contributed by atoms with Gasteiger partial charge in [0.2, 0.25) is 5.91 Å². The second-order valence-electron chi connectivity index (χ2n) is 4.03. The van der Waals surface area contributed by atoms with E-state index in [9.17, 15) is 14.0 Å². The standard InChI is InChI=1S/C12H12BrFN2O2/c13-11-8(3-1-4-9(11)14)12(18)16-6-2-5-15-10(17)7-16/h1,3-4H,2,5-7H2,(H,15,17). The van der Waals surface area contributed by atoms with Gasteiger partial charge in [-0.1, -0.05) is 6.07 Å². The number of carbonyl (C=O) groups excluding carboxylic acids is 2. The molecule has 0 radical (unpaired) electrons. The Labute approximate surface area is 112 Å². The highest BCUT2D eigenvalue weighted by Gasteiger charge is 2.23. The quantitative estimate of drug-likeness (QED) is 0.855. The molecule has 96 valence electrons. The van der Waals surface area contributed by atoms with E-state index in [1.165, 1.54) is 23.1 Å². The van der Waals surface area contributed by atoms with E-state index < -0.39 is 5.82 Å². The molecule has 18 heavy (non-hydrogen) atoms. The molecule has 4 nitrogen and oxygen atoms in total. The summed E-state index contributed by atoms with van der Waals surface area (Å²) in [5.74, 6) is -1.01. The van der Waals surface area contributed by atoms with E-state index in [2.05, 4.69) is 21.2 Å². The summed E-state index contributed by atoms with van der Waals surface area (Å²) in [6.45, 7) is 1.06. The lowest BCUT2D eigenvalue weighted by Crippen LogP contribution is -2.37. The van der Waals surface area contributed by atoms with Crippen LogP contribution < -0.4 is 5.32 Å². The number of halogens is 2. The summed E-state index contributed by atoms with van der Waals surface area (Å²) in [6.07, 6.45) is 0.699. The summed E-state index contributed by atoms with van der Waals surface area (Å²) in [6, 6.07) is 4.29. The lowest BCUT2D eigenvalue weighted by atomic mass is 10.2. The average Bonchev–Trinajstić information content (AvgIpc) is 2.56. The van der Waals surface area contributed by atoms with Gasteiger partial charge >= 0.3 is 0 Å². The third kappa shape index (κ3) is 2.69. The van der Waals surface area contributed by atoms with Crippen LogP contribution in [-0.2, 0) is 4.79 Å². The van der Waals surface area contributed by atoms with Crippen molar-refractivity contribution < 1.29 is 14.0 Å². The lowest BCUT2D eigenvalue weighted by Gasteiger charge is -2.19. The topological polar surface area (TPSA) is 49.4 Å². The molecule has 1 N–H and O–H groups in total. The van der Waals surface area contributed by atoms with Crippen LogP contribution in [0.5, 0.6) is 0 Å². The number of nitrogens with zero attached hydrogens (tertiary/aromatic N) is 1. The Morgan fingerprint density at radius 2 is 2.22 bits per heavy atom. The fourth-order valence-corrected chi connectivity index (χ4v) is 2.25. The highest BCUT2D eigenvalue weighted by atomic mass is 79.9. The predicted octanol–water partition coefficient (Wildman–Crippen LogP) is 1.55. The van der Waals surface area contributed by atoms with Gasteiger partial charge in [0.15, 0.2) is 0 Å². The van der Waals surface area contributed by atoms with Crippen molar-refractivity contribution in [3.05, 3.63) is 34.1 Å². The highest BCUT2D eigenvalue weighted by molar-refractivity contribution is 9.10. The normalized spacial score (nSPS) is 16.1. The third-order valence-electron chi connectivity index (χ3n) is 2.73. The van der Waals surface area contributed by atoms with Gasteiger partial charge in [0.25, 0.3) is 5.91 Å². The van der Waals surface area contributed by atoms with E-state index in [1.54, 1.807) is 0 Å². The Morgan fingerprint density at radius 1 is 1.44 bits per heavy atom. The van der Waals surface area contributed by atoms with E-state index in [0.29, 0.717) is 19.5 Å². The zero-order valence-electron chi connectivity index (χ0n) is 9.58. The van der Waals surface area contributed by atoms with Crippen molar-refractivity contribution in [1.82, 2.24) is 10.2 Å². The van der Waals surface area contributed by atoms with Crippen LogP contribution in [-0.4, -0.2) is 36.3 Å². The molecule has 0 aliphatic carbocycles. The minimum atomic E-state index is -0.486. The highest BCUT2D eigenvalue weighted by Crippen LogP contribution is 2.22. The van der Waals surface area contributed by atoms with Crippen LogP contribution in [0.4, 0.5) is 4.39 Å². The number of carbonyl (C=O) groups is 2. The molecule has 0 unspecified atom stereocenters.